The summed E-state index contributed by atoms with van der Waals surface area (Å²) in [6.07, 6.45) is 3.55. The van der Waals surface area contributed by atoms with Crippen LogP contribution in [0.1, 0.15) is 47.0 Å². The molecule has 86 valence electrons. The largest absolute Gasteiger partial charge is 0.381 e. The Kier molecular flexibility index (Phi) is 7.20. The van der Waals surface area contributed by atoms with E-state index in [2.05, 4.69) is 20.8 Å². The molecule has 0 bridgehead atoms. The van der Waals surface area contributed by atoms with Crippen LogP contribution in [0.3, 0.4) is 0 Å². The predicted octanol–water partition coefficient (Wildman–Crippen LogP) is 2.81. The van der Waals surface area contributed by atoms with Gasteiger partial charge in [0.25, 0.3) is 0 Å². The van der Waals surface area contributed by atoms with E-state index in [4.69, 9.17) is 10.5 Å². The third kappa shape index (κ3) is 4.97. The van der Waals surface area contributed by atoms with Gasteiger partial charge in [-0.3, -0.25) is 0 Å². The van der Waals surface area contributed by atoms with Gasteiger partial charge in [0.2, 0.25) is 0 Å². The van der Waals surface area contributed by atoms with Crippen LogP contribution in [0.4, 0.5) is 0 Å². The van der Waals surface area contributed by atoms with E-state index in [0.29, 0.717) is 5.92 Å². The van der Waals surface area contributed by atoms with E-state index in [1.54, 1.807) is 0 Å². The summed E-state index contributed by atoms with van der Waals surface area (Å²) in [6, 6.07) is 0. The van der Waals surface area contributed by atoms with Crippen molar-refractivity contribution < 1.29 is 4.74 Å². The lowest BCUT2D eigenvalue weighted by Gasteiger charge is -2.33. The molecule has 0 aromatic heterocycles. The number of hydrogen-bond donors (Lipinski definition) is 1. The third-order valence-electron chi connectivity index (χ3n) is 2.67. The van der Waals surface area contributed by atoms with Crippen LogP contribution >= 0.6 is 0 Å². The van der Waals surface area contributed by atoms with Crippen LogP contribution in [0.5, 0.6) is 0 Å². The van der Waals surface area contributed by atoms with E-state index in [-0.39, 0.29) is 5.41 Å². The van der Waals surface area contributed by atoms with Gasteiger partial charge in [0.1, 0.15) is 0 Å². The highest BCUT2D eigenvalue weighted by Gasteiger charge is 2.28. The standard InChI is InChI=1S/C12H27NO/c1-5-7-12(9-13,8-11(3)4)10-14-6-2/h11H,5-10,13H2,1-4H3. The molecule has 0 spiro atoms. The average molecular weight is 201 g/mol. The molecule has 0 fully saturated rings. The molecule has 0 aromatic rings. The van der Waals surface area contributed by atoms with Crippen molar-refractivity contribution >= 4 is 0 Å². The topological polar surface area (TPSA) is 35.2 Å². The molecule has 0 amide bonds. The summed E-state index contributed by atoms with van der Waals surface area (Å²) < 4.78 is 5.56. The molecule has 0 heterocycles. The van der Waals surface area contributed by atoms with Crippen molar-refractivity contribution in [2.24, 2.45) is 17.1 Å². The minimum absolute atomic E-state index is 0.221. The number of rotatable bonds is 8. The lowest BCUT2D eigenvalue weighted by molar-refractivity contribution is 0.0358. The van der Waals surface area contributed by atoms with Gasteiger partial charge in [-0.05, 0) is 25.7 Å². The Hall–Kier alpha value is -0.0800. The minimum atomic E-state index is 0.221. The SMILES string of the molecule is CCCC(CN)(COCC)CC(C)C. The van der Waals surface area contributed by atoms with Crippen LogP contribution in [-0.2, 0) is 4.74 Å². The number of nitrogens with two attached hydrogens (primary N) is 1. The Morgan fingerprint density at radius 2 is 1.93 bits per heavy atom. The van der Waals surface area contributed by atoms with Crippen molar-refractivity contribution in [1.82, 2.24) is 0 Å². The summed E-state index contributed by atoms with van der Waals surface area (Å²) in [5.74, 6) is 0.700. The molecule has 2 heteroatoms. The molecule has 1 unspecified atom stereocenters. The van der Waals surface area contributed by atoms with Crippen LogP contribution in [-0.4, -0.2) is 19.8 Å². The number of hydrogen-bond acceptors (Lipinski definition) is 2. The van der Waals surface area contributed by atoms with E-state index in [1.807, 2.05) is 6.92 Å². The van der Waals surface area contributed by atoms with Crippen molar-refractivity contribution in [3.05, 3.63) is 0 Å². The van der Waals surface area contributed by atoms with Gasteiger partial charge in [0.15, 0.2) is 0 Å². The lowest BCUT2D eigenvalue weighted by atomic mass is 9.77. The van der Waals surface area contributed by atoms with Gasteiger partial charge in [0.05, 0.1) is 6.61 Å². The Balaban J connectivity index is 4.26. The first kappa shape index (κ1) is 13.9. The summed E-state index contributed by atoms with van der Waals surface area (Å²) in [4.78, 5) is 0. The zero-order chi connectivity index (χ0) is 11.0. The Labute approximate surface area is 89.2 Å². The van der Waals surface area contributed by atoms with E-state index in [1.165, 1.54) is 19.3 Å². The van der Waals surface area contributed by atoms with Crippen LogP contribution in [0, 0.1) is 11.3 Å². The maximum Gasteiger partial charge on any atom is 0.0534 e. The van der Waals surface area contributed by atoms with E-state index < -0.39 is 0 Å². The zero-order valence-corrected chi connectivity index (χ0v) is 10.3. The van der Waals surface area contributed by atoms with E-state index in [9.17, 15) is 0 Å². The molecule has 0 aliphatic carbocycles. The smallest absolute Gasteiger partial charge is 0.0534 e. The monoisotopic (exact) mass is 201 g/mol. The minimum Gasteiger partial charge on any atom is -0.381 e. The molecule has 0 aromatic carbocycles. The van der Waals surface area contributed by atoms with Crippen molar-refractivity contribution in [1.29, 1.82) is 0 Å². The van der Waals surface area contributed by atoms with Gasteiger partial charge >= 0.3 is 0 Å². The molecule has 1 atom stereocenters. The zero-order valence-electron chi connectivity index (χ0n) is 10.3. The molecule has 14 heavy (non-hydrogen) atoms. The normalized spacial score (nSPS) is 15.9. The molecule has 0 aliphatic heterocycles. The van der Waals surface area contributed by atoms with Crippen LogP contribution in [0.25, 0.3) is 0 Å². The fourth-order valence-electron chi connectivity index (χ4n) is 2.19. The highest BCUT2D eigenvalue weighted by atomic mass is 16.5. The molecule has 0 saturated heterocycles. The van der Waals surface area contributed by atoms with Gasteiger partial charge in [-0.1, -0.05) is 27.2 Å². The Morgan fingerprint density at radius 1 is 1.29 bits per heavy atom. The maximum absolute atomic E-state index is 5.90. The van der Waals surface area contributed by atoms with Crippen molar-refractivity contribution in [2.45, 2.75) is 47.0 Å². The van der Waals surface area contributed by atoms with Gasteiger partial charge in [-0.15, -0.1) is 0 Å². The number of ether oxygens (including phenoxy) is 1. The summed E-state index contributed by atoms with van der Waals surface area (Å²) >= 11 is 0. The second-order valence-corrected chi connectivity index (χ2v) is 4.69. The highest BCUT2D eigenvalue weighted by molar-refractivity contribution is 4.81. The summed E-state index contributed by atoms with van der Waals surface area (Å²) in [7, 11) is 0. The third-order valence-corrected chi connectivity index (χ3v) is 2.67. The Bertz CT molecular complexity index is 136. The van der Waals surface area contributed by atoms with Crippen LogP contribution < -0.4 is 5.73 Å². The van der Waals surface area contributed by atoms with Crippen molar-refractivity contribution in [2.75, 3.05) is 19.8 Å². The quantitative estimate of drug-likeness (QED) is 0.655. The molecule has 2 nitrogen and oxygen atoms in total. The lowest BCUT2D eigenvalue weighted by Crippen LogP contribution is -2.36. The first-order chi connectivity index (χ1) is 6.60. The molecule has 0 aliphatic rings. The molecule has 2 N–H and O–H groups in total. The molecular formula is C12H27NO. The first-order valence-electron chi connectivity index (χ1n) is 5.88. The summed E-state index contributed by atoms with van der Waals surface area (Å²) in [5.41, 5.74) is 6.12. The van der Waals surface area contributed by atoms with E-state index >= 15 is 0 Å². The first-order valence-corrected chi connectivity index (χ1v) is 5.88. The molecule has 0 saturated carbocycles. The van der Waals surface area contributed by atoms with Crippen molar-refractivity contribution in [3.63, 3.8) is 0 Å². The van der Waals surface area contributed by atoms with Crippen LogP contribution in [0.15, 0.2) is 0 Å². The van der Waals surface area contributed by atoms with Gasteiger partial charge in [-0.2, -0.15) is 0 Å². The van der Waals surface area contributed by atoms with Gasteiger partial charge in [0, 0.05) is 18.6 Å². The molecular weight excluding hydrogens is 174 g/mol. The van der Waals surface area contributed by atoms with E-state index in [0.717, 1.165) is 19.8 Å². The fourth-order valence-corrected chi connectivity index (χ4v) is 2.19. The summed E-state index contributed by atoms with van der Waals surface area (Å²) in [6.45, 7) is 11.1. The average Bonchev–Trinajstić information content (AvgIpc) is 2.14. The highest BCUT2D eigenvalue weighted by Crippen LogP contribution is 2.31. The van der Waals surface area contributed by atoms with Gasteiger partial charge in [-0.25, -0.2) is 0 Å². The van der Waals surface area contributed by atoms with Gasteiger partial charge < -0.3 is 10.5 Å². The molecule has 0 rings (SSSR count). The summed E-state index contributed by atoms with van der Waals surface area (Å²) in [5, 5.41) is 0. The predicted molar refractivity (Wildman–Crippen MR) is 62.3 cm³/mol. The second kappa shape index (κ2) is 7.24. The molecule has 0 radical (unpaired) electrons. The Morgan fingerprint density at radius 3 is 2.29 bits per heavy atom. The van der Waals surface area contributed by atoms with Crippen LogP contribution in [0.2, 0.25) is 0 Å². The fraction of sp³-hybridized carbons (Fsp3) is 1.00. The maximum atomic E-state index is 5.90. The second-order valence-electron chi connectivity index (χ2n) is 4.69. The van der Waals surface area contributed by atoms with Crippen molar-refractivity contribution in [3.8, 4) is 0 Å².